The lowest BCUT2D eigenvalue weighted by Gasteiger charge is -2.38. The maximum absolute atomic E-state index is 5.64. The van der Waals surface area contributed by atoms with Gasteiger partial charge in [0.2, 0.25) is 0 Å². The van der Waals surface area contributed by atoms with Crippen LogP contribution in [0.15, 0.2) is 18.3 Å². The average molecular weight is 291 g/mol. The number of hydrogen-bond donors (Lipinski definition) is 1. The Hall–Kier alpha value is -1.00. The van der Waals surface area contributed by atoms with Crippen molar-refractivity contribution in [1.29, 1.82) is 0 Å². The lowest BCUT2D eigenvalue weighted by Crippen LogP contribution is -2.37. The number of pyridine rings is 1. The van der Waals surface area contributed by atoms with E-state index in [2.05, 4.69) is 36.7 Å². The van der Waals surface area contributed by atoms with Gasteiger partial charge in [-0.1, -0.05) is 33.0 Å². The van der Waals surface area contributed by atoms with Crippen molar-refractivity contribution in [2.75, 3.05) is 13.1 Å². The Balaban J connectivity index is 1.93. The van der Waals surface area contributed by atoms with Crippen molar-refractivity contribution >= 4 is 17.2 Å². The minimum absolute atomic E-state index is 0.373. The molecule has 0 aromatic carbocycles. The molecule has 2 rings (SSSR count). The standard InChI is InChI=1S/C16H25N3S/c1-16(2,3)13-5-8-19(9-6-13)11-12-4-7-18-14(10-12)15(17)20/h4,7,10,13H,5-6,8-9,11H2,1-3H3,(H2,17,20). The van der Waals surface area contributed by atoms with Crippen molar-refractivity contribution in [3.8, 4) is 0 Å². The van der Waals surface area contributed by atoms with Crippen molar-refractivity contribution in [2.24, 2.45) is 17.1 Å². The lowest BCUT2D eigenvalue weighted by molar-refractivity contribution is 0.108. The smallest absolute Gasteiger partial charge is 0.122 e. The summed E-state index contributed by atoms with van der Waals surface area (Å²) in [6.07, 6.45) is 4.37. The number of nitrogens with zero attached hydrogens (tertiary/aromatic N) is 2. The molecule has 20 heavy (non-hydrogen) atoms. The fraction of sp³-hybridized carbons (Fsp3) is 0.625. The van der Waals surface area contributed by atoms with Crippen LogP contribution in [0.3, 0.4) is 0 Å². The third kappa shape index (κ3) is 4.00. The quantitative estimate of drug-likeness (QED) is 0.869. The first kappa shape index (κ1) is 15.4. The molecule has 1 aromatic heterocycles. The number of thiocarbonyl (C=S) groups is 1. The average Bonchev–Trinajstić information content (AvgIpc) is 2.38. The van der Waals surface area contributed by atoms with E-state index in [9.17, 15) is 0 Å². The highest BCUT2D eigenvalue weighted by atomic mass is 32.1. The van der Waals surface area contributed by atoms with E-state index in [0.29, 0.717) is 10.4 Å². The summed E-state index contributed by atoms with van der Waals surface area (Å²) in [5.74, 6) is 0.836. The highest BCUT2D eigenvalue weighted by Gasteiger charge is 2.28. The number of hydrogen-bond acceptors (Lipinski definition) is 3. The van der Waals surface area contributed by atoms with Crippen molar-refractivity contribution in [3.63, 3.8) is 0 Å². The highest BCUT2D eigenvalue weighted by molar-refractivity contribution is 7.80. The normalized spacial score (nSPS) is 18.1. The zero-order valence-corrected chi connectivity index (χ0v) is 13.5. The first-order valence-corrected chi connectivity index (χ1v) is 7.74. The summed E-state index contributed by atoms with van der Waals surface area (Å²) in [6.45, 7) is 10.4. The summed E-state index contributed by atoms with van der Waals surface area (Å²) >= 11 is 4.98. The van der Waals surface area contributed by atoms with Crippen molar-refractivity contribution < 1.29 is 0 Å². The largest absolute Gasteiger partial charge is 0.388 e. The van der Waals surface area contributed by atoms with Gasteiger partial charge in [0.05, 0.1) is 5.69 Å². The zero-order chi connectivity index (χ0) is 14.8. The maximum Gasteiger partial charge on any atom is 0.122 e. The van der Waals surface area contributed by atoms with E-state index in [4.69, 9.17) is 18.0 Å². The molecule has 0 saturated carbocycles. The maximum atomic E-state index is 5.64. The molecule has 0 unspecified atom stereocenters. The fourth-order valence-corrected chi connectivity index (χ4v) is 3.03. The van der Waals surface area contributed by atoms with E-state index >= 15 is 0 Å². The van der Waals surface area contributed by atoms with Gasteiger partial charge in [0.1, 0.15) is 4.99 Å². The molecule has 1 aliphatic rings. The number of piperidine rings is 1. The molecule has 1 aromatic rings. The SMILES string of the molecule is CC(C)(C)C1CCN(Cc2ccnc(C(N)=S)c2)CC1. The first-order valence-electron chi connectivity index (χ1n) is 7.33. The minimum atomic E-state index is 0.373. The summed E-state index contributed by atoms with van der Waals surface area (Å²) in [5.41, 5.74) is 8.04. The van der Waals surface area contributed by atoms with Crippen LogP contribution in [-0.4, -0.2) is 28.0 Å². The van der Waals surface area contributed by atoms with Gasteiger partial charge in [0, 0.05) is 12.7 Å². The summed E-state index contributed by atoms with van der Waals surface area (Å²) < 4.78 is 0. The summed E-state index contributed by atoms with van der Waals surface area (Å²) in [4.78, 5) is 7.08. The van der Waals surface area contributed by atoms with E-state index < -0.39 is 0 Å². The lowest BCUT2D eigenvalue weighted by atomic mass is 9.75. The van der Waals surface area contributed by atoms with E-state index in [0.717, 1.165) is 18.2 Å². The fourth-order valence-electron chi connectivity index (χ4n) is 2.92. The number of rotatable bonds is 3. The Morgan fingerprint density at radius 3 is 2.60 bits per heavy atom. The molecule has 3 nitrogen and oxygen atoms in total. The topological polar surface area (TPSA) is 42.2 Å². The predicted octanol–water partition coefficient (Wildman–Crippen LogP) is 2.97. The summed E-state index contributed by atoms with van der Waals surface area (Å²) in [5, 5.41) is 0. The second-order valence-corrected chi connectivity index (χ2v) is 7.27. The van der Waals surface area contributed by atoms with Crippen molar-refractivity contribution in [1.82, 2.24) is 9.88 Å². The van der Waals surface area contributed by atoms with Gasteiger partial charge in [-0.25, -0.2) is 0 Å². The van der Waals surface area contributed by atoms with Gasteiger partial charge >= 0.3 is 0 Å². The molecule has 4 heteroatoms. The van der Waals surface area contributed by atoms with Gasteiger partial charge in [-0.3, -0.25) is 9.88 Å². The molecule has 1 fully saturated rings. The monoisotopic (exact) mass is 291 g/mol. The number of likely N-dealkylation sites (tertiary alicyclic amines) is 1. The van der Waals surface area contributed by atoms with Crippen LogP contribution in [0.25, 0.3) is 0 Å². The van der Waals surface area contributed by atoms with E-state index in [1.54, 1.807) is 6.20 Å². The molecule has 0 radical (unpaired) electrons. The molecular formula is C16H25N3S. The Bertz CT molecular complexity index is 471. The van der Waals surface area contributed by atoms with Crippen LogP contribution in [0.2, 0.25) is 0 Å². The van der Waals surface area contributed by atoms with Crippen LogP contribution in [0.5, 0.6) is 0 Å². The molecule has 0 aliphatic carbocycles. The molecule has 0 atom stereocenters. The second-order valence-electron chi connectivity index (χ2n) is 6.83. The van der Waals surface area contributed by atoms with Gasteiger partial charge in [-0.2, -0.15) is 0 Å². The van der Waals surface area contributed by atoms with Gasteiger partial charge in [0.15, 0.2) is 0 Å². The van der Waals surface area contributed by atoms with Crippen LogP contribution in [0, 0.1) is 11.3 Å². The molecular weight excluding hydrogens is 266 g/mol. The van der Waals surface area contributed by atoms with E-state index in [1.165, 1.54) is 31.5 Å². The van der Waals surface area contributed by atoms with Gasteiger partial charge in [-0.05, 0) is 55.0 Å². The molecule has 2 heterocycles. The van der Waals surface area contributed by atoms with Crippen LogP contribution >= 0.6 is 12.2 Å². The van der Waals surface area contributed by atoms with Gasteiger partial charge in [-0.15, -0.1) is 0 Å². The summed E-state index contributed by atoms with van der Waals surface area (Å²) in [7, 11) is 0. The van der Waals surface area contributed by atoms with Crippen LogP contribution in [0.1, 0.15) is 44.9 Å². The van der Waals surface area contributed by atoms with Crippen LogP contribution < -0.4 is 5.73 Å². The van der Waals surface area contributed by atoms with Gasteiger partial charge in [0.25, 0.3) is 0 Å². The molecule has 0 spiro atoms. The van der Waals surface area contributed by atoms with E-state index in [1.807, 2.05) is 6.07 Å². The minimum Gasteiger partial charge on any atom is -0.388 e. The Morgan fingerprint density at radius 2 is 2.05 bits per heavy atom. The van der Waals surface area contributed by atoms with Crippen LogP contribution in [0.4, 0.5) is 0 Å². The Labute approximate surface area is 127 Å². The highest BCUT2D eigenvalue weighted by Crippen LogP contribution is 2.34. The Kier molecular flexibility index (Phi) is 4.76. The van der Waals surface area contributed by atoms with Gasteiger partial charge < -0.3 is 5.73 Å². The molecule has 110 valence electrons. The first-order chi connectivity index (χ1) is 9.36. The zero-order valence-electron chi connectivity index (χ0n) is 12.7. The third-order valence-electron chi connectivity index (χ3n) is 4.30. The molecule has 1 aliphatic heterocycles. The molecule has 1 saturated heterocycles. The Morgan fingerprint density at radius 1 is 1.40 bits per heavy atom. The molecule has 0 bridgehead atoms. The number of nitrogens with two attached hydrogens (primary N) is 1. The van der Waals surface area contributed by atoms with Crippen LogP contribution in [-0.2, 0) is 6.54 Å². The predicted molar refractivity (Wildman–Crippen MR) is 87.6 cm³/mol. The third-order valence-corrected chi connectivity index (χ3v) is 4.50. The number of aromatic nitrogens is 1. The molecule has 2 N–H and O–H groups in total. The molecule has 0 amide bonds. The van der Waals surface area contributed by atoms with Crippen molar-refractivity contribution in [2.45, 2.75) is 40.2 Å². The summed E-state index contributed by atoms with van der Waals surface area (Å²) in [6, 6.07) is 4.07. The van der Waals surface area contributed by atoms with E-state index in [-0.39, 0.29) is 0 Å². The van der Waals surface area contributed by atoms with Crippen molar-refractivity contribution in [3.05, 3.63) is 29.6 Å². The second kappa shape index (κ2) is 6.19.